The Morgan fingerprint density at radius 1 is 1.04 bits per heavy atom. The first-order valence-corrected chi connectivity index (χ1v) is 8.96. The predicted molar refractivity (Wildman–Crippen MR) is 103 cm³/mol. The van der Waals surface area contributed by atoms with Gasteiger partial charge < -0.3 is 16.0 Å². The van der Waals surface area contributed by atoms with Crippen LogP contribution >= 0.6 is 0 Å². The number of hydrogen-bond donors (Lipinski definition) is 3. The van der Waals surface area contributed by atoms with Crippen LogP contribution in [0.25, 0.3) is 10.8 Å². The summed E-state index contributed by atoms with van der Waals surface area (Å²) in [7, 11) is 0. The molecule has 3 rings (SSSR count). The molecular formula is C20H22N4O4. The van der Waals surface area contributed by atoms with E-state index >= 15 is 0 Å². The molecule has 0 unspecified atom stereocenters. The van der Waals surface area contributed by atoms with Crippen molar-refractivity contribution in [2.45, 2.75) is 19.4 Å². The summed E-state index contributed by atoms with van der Waals surface area (Å²) < 4.78 is 0. The predicted octanol–water partition coefficient (Wildman–Crippen LogP) is 0.859. The van der Waals surface area contributed by atoms with Gasteiger partial charge in [-0.15, -0.1) is 0 Å². The second kappa shape index (κ2) is 7.67. The molecule has 1 saturated heterocycles. The second-order valence-corrected chi connectivity index (χ2v) is 6.84. The summed E-state index contributed by atoms with van der Waals surface area (Å²) in [4.78, 5) is 49.1. The zero-order valence-electron chi connectivity index (χ0n) is 15.7. The van der Waals surface area contributed by atoms with Crippen molar-refractivity contribution in [2.75, 3.05) is 19.6 Å². The Morgan fingerprint density at radius 2 is 1.71 bits per heavy atom. The normalized spacial score (nSPS) is 18.9. The molecule has 0 radical (unpaired) electrons. The third-order valence-corrected chi connectivity index (χ3v) is 4.72. The van der Waals surface area contributed by atoms with Gasteiger partial charge in [-0.1, -0.05) is 36.4 Å². The molecular weight excluding hydrogens is 360 g/mol. The van der Waals surface area contributed by atoms with E-state index in [4.69, 9.17) is 0 Å². The maximum atomic E-state index is 12.9. The fourth-order valence-electron chi connectivity index (χ4n) is 3.18. The molecule has 1 aliphatic heterocycles. The molecule has 1 heterocycles. The lowest BCUT2D eigenvalue weighted by molar-refractivity contribution is -0.134. The molecule has 0 saturated carbocycles. The minimum Gasteiger partial charge on any atom is -0.355 e. The monoisotopic (exact) mass is 382 g/mol. The molecule has 8 heteroatoms. The smallest absolute Gasteiger partial charge is 0.325 e. The molecule has 1 fully saturated rings. The van der Waals surface area contributed by atoms with Crippen LogP contribution in [0.1, 0.15) is 19.4 Å². The number of urea groups is 1. The highest BCUT2D eigenvalue weighted by molar-refractivity contribution is 6.09. The van der Waals surface area contributed by atoms with Crippen LogP contribution in [-0.2, 0) is 19.9 Å². The van der Waals surface area contributed by atoms with Crippen molar-refractivity contribution in [3.63, 3.8) is 0 Å². The number of carbonyl (C=O) groups is 4. The van der Waals surface area contributed by atoms with Crippen LogP contribution in [-0.4, -0.2) is 48.3 Å². The maximum Gasteiger partial charge on any atom is 0.325 e. The van der Waals surface area contributed by atoms with Crippen molar-refractivity contribution in [1.29, 1.82) is 0 Å². The Morgan fingerprint density at radius 3 is 2.43 bits per heavy atom. The van der Waals surface area contributed by atoms with Crippen LogP contribution in [0.15, 0.2) is 42.5 Å². The minimum atomic E-state index is -1.24. The van der Waals surface area contributed by atoms with E-state index < -0.39 is 23.4 Å². The quantitative estimate of drug-likeness (QED) is 0.509. The Labute approximate surface area is 162 Å². The standard InChI is InChI=1S/C20H22N4O4/c1-13(25)21-9-10-22-17(26)12-24-18(27)20(2,23-19(24)28)16-8-7-14-5-3-4-6-15(14)11-16/h3-8,11H,9-10,12H2,1-2H3,(H,21,25)(H,22,26)(H,23,28)/t20-/m0/s1. The number of benzene rings is 2. The molecule has 0 aromatic heterocycles. The molecule has 0 aliphatic carbocycles. The van der Waals surface area contributed by atoms with Gasteiger partial charge in [0.2, 0.25) is 11.8 Å². The van der Waals surface area contributed by atoms with Gasteiger partial charge in [-0.25, -0.2) is 4.79 Å². The van der Waals surface area contributed by atoms with Gasteiger partial charge in [0, 0.05) is 20.0 Å². The van der Waals surface area contributed by atoms with Crippen molar-refractivity contribution in [1.82, 2.24) is 20.9 Å². The van der Waals surface area contributed by atoms with Gasteiger partial charge in [0.25, 0.3) is 5.91 Å². The van der Waals surface area contributed by atoms with Crippen LogP contribution in [0.2, 0.25) is 0 Å². The van der Waals surface area contributed by atoms with Crippen molar-refractivity contribution in [3.8, 4) is 0 Å². The zero-order valence-corrected chi connectivity index (χ0v) is 15.7. The number of hydrogen-bond acceptors (Lipinski definition) is 4. The molecule has 28 heavy (non-hydrogen) atoms. The third kappa shape index (κ3) is 3.80. The third-order valence-electron chi connectivity index (χ3n) is 4.72. The van der Waals surface area contributed by atoms with E-state index in [9.17, 15) is 19.2 Å². The highest BCUT2D eigenvalue weighted by Crippen LogP contribution is 2.30. The van der Waals surface area contributed by atoms with Gasteiger partial charge in [0.1, 0.15) is 12.1 Å². The lowest BCUT2D eigenvalue weighted by Gasteiger charge is -2.22. The molecule has 146 valence electrons. The minimum absolute atomic E-state index is 0.200. The summed E-state index contributed by atoms with van der Waals surface area (Å²) in [6.07, 6.45) is 0. The summed E-state index contributed by atoms with van der Waals surface area (Å²) in [5.41, 5.74) is -0.587. The lowest BCUT2D eigenvalue weighted by atomic mass is 9.90. The number of carbonyl (C=O) groups excluding carboxylic acids is 4. The van der Waals surface area contributed by atoms with Gasteiger partial charge in [0.05, 0.1) is 0 Å². The number of fused-ring (bicyclic) bond motifs is 1. The van der Waals surface area contributed by atoms with Crippen LogP contribution in [0.3, 0.4) is 0 Å². The number of amides is 5. The lowest BCUT2D eigenvalue weighted by Crippen LogP contribution is -2.44. The number of nitrogens with zero attached hydrogens (tertiary/aromatic N) is 1. The van der Waals surface area contributed by atoms with Crippen molar-refractivity contribution >= 4 is 34.5 Å². The molecule has 8 nitrogen and oxygen atoms in total. The van der Waals surface area contributed by atoms with E-state index in [0.717, 1.165) is 15.7 Å². The van der Waals surface area contributed by atoms with E-state index in [0.29, 0.717) is 5.56 Å². The SMILES string of the molecule is CC(=O)NCCNC(=O)CN1C(=O)N[C@@](C)(c2ccc3ccccc3c2)C1=O. The summed E-state index contributed by atoms with van der Waals surface area (Å²) >= 11 is 0. The van der Waals surface area contributed by atoms with E-state index in [1.54, 1.807) is 13.0 Å². The van der Waals surface area contributed by atoms with E-state index in [-0.39, 0.29) is 25.5 Å². The van der Waals surface area contributed by atoms with E-state index in [1.807, 2.05) is 36.4 Å². The second-order valence-electron chi connectivity index (χ2n) is 6.84. The molecule has 5 amide bonds. The Kier molecular flexibility index (Phi) is 5.30. The Bertz CT molecular complexity index is 958. The topological polar surface area (TPSA) is 108 Å². The molecule has 0 bridgehead atoms. The Balaban J connectivity index is 1.71. The fourth-order valence-corrected chi connectivity index (χ4v) is 3.18. The number of rotatable bonds is 6. The summed E-state index contributed by atoms with van der Waals surface area (Å²) in [5, 5.41) is 9.80. The summed E-state index contributed by atoms with van der Waals surface area (Å²) in [6, 6.07) is 12.7. The molecule has 1 atom stereocenters. The Hall–Kier alpha value is -3.42. The average molecular weight is 382 g/mol. The highest BCUT2D eigenvalue weighted by atomic mass is 16.2. The molecule has 3 N–H and O–H groups in total. The highest BCUT2D eigenvalue weighted by Gasteiger charge is 2.49. The number of imide groups is 1. The first kappa shape index (κ1) is 19.3. The summed E-state index contributed by atoms with van der Waals surface area (Å²) in [6.45, 7) is 3.11. The first-order chi connectivity index (χ1) is 13.3. The zero-order chi connectivity index (χ0) is 20.3. The van der Waals surface area contributed by atoms with Gasteiger partial charge >= 0.3 is 6.03 Å². The average Bonchev–Trinajstić information content (AvgIpc) is 2.89. The molecule has 1 aliphatic rings. The molecule has 2 aromatic carbocycles. The fraction of sp³-hybridized carbons (Fsp3) is 0.300. The van der Waals surface area contributed by atoms with E-state index in [1.165, 1.54) is 6.92 Å². The van der Waals surface area contributed by atoms with Gasteiger partial charge in [0.15, 0.2) is 0 Å². The largest absolute Gasteiger partial charge is 0.355 e. The van der Waals surface area contributed by atoms with Crippen LogP contribution in [0.4, 0.5) is 4.79 Å². The van der Waals surface area contributed by atoms with Gasteiger partial charge in [-0.05, 0) is 29.3 Å². The van der Waals surface area contributed by atoms with Crippen molar-refractivity contribution < 1.29 is 19.2 Å². The van der Waals surface area contributed by atoms with Gasteiger partial charge in [-0.2, -0.15) is 0 Å². The van der Waals surface area contributed by atoms with Gasteiger partial charge in [-0.3, -0.25) is 19.3 Å². The molecule has 0 spiro atoms. The first-order valence-electron chi connectivity index (χ1n) is 8.96. The van der Waals surface area contributed by atoms with Crippen molar-refractivity contribution in [3.05, 3.63) is 48.0 Å². The molecule has 2 aromatic rings. The summed E-state index contributed by atoms with van der Waals surface area (Å²) in [5.74, 6) is -1.16. The van der Waals surface area contributed by atoms with Crippen LogP contribution in [0, 0.1) is 0 Å². The maximum absolute atomic E-state index is 12.9. The van der Waals surface area contributed by atoms with E-state index in [2.05, 4.69) is 16.0 Å². The van der Waals surface area contributed by atoms with Crippen molar-refractivity contribution in [2.24, 2.45) is 0 Å². The van der Waals surface area contributed by atoms with Crippen LogP contribution in [0.5, 0.6) is 0 Å². The number of nitrogens with one attached hydrogen (secondary N) is 3. The van der Waals surface area contributed by atoms with Crippen LogP contribution < -0.4 is 16.0 Å².